The molecule has 0 bridgehead atoms. The molecule has 4 rings (SSSR count). The van der Waals surface area contributed by atoms with Crippen molar-refractivity contribution in [2.75, 3.05) is 19.7 Å². The van der Waals surface area contributed by atoms with Crippen molar-refractivity contribution >= 4 is 17.2 Å². The molecule has 3 heterocycles. The van der Waals surface area contributed by atoms with Crippen LogP contribution in [0.1, 0.15) is 47.3 Å². The van der Waals surface area contributed by atoms with Crippen molar-refractivity contribution in [3.8, 4) is 5.75 Å². The summed E-state index contributed by atoms with van der Waals surface area (Å²) in [4.78, 5) is 19.0. The lowest BCUT2D eigenvalue weighted by atomic mass is 10.1. The summed E-state index contributed by atoms with van der Waals surface area (Å²) < 4.78 is 24.5. The summed E-state index contributed by atoms with van der Waals surface area (Å²) in [5.74, 6) is 0.367. The van der Waals surface area contributed by atoms with Crippen molar-refractivity contribution in [1.29, 1.82) is 0 Å². The standard InChI is InChI=1S/C19H21FN2O3S/c20-13-3-5-14(6-4-13)25-15-7-9-22(10-8-15)19(23)16-12-26-18(21-16)17-2-1-11-24-17/h3-6,12,15,17H,1-2,7-11H2. The monoisotopic (exact) mass is 376 g/mol. The molecule has 2 fully saturated rings. The fourth-order valence-electron chi connectivity index (χ4n) is 3.35. The minimum atomic E-state index is -0.275. The second-order valence-corrected chi connectivity index (χ2v) is 7.53. The van der Waals surface area contributed by atoms with Gasteiger partial charge in [0.15, 0.2) is 0 Å². The van der Waals surface area contributed by atoms with Crippen LogP contribution in [-0.4, -0.2) is 41.6 Å². The van der Waals surface area contributed by atoms with Gasteiger partial charge >= 0.3 is 0 Å². The van der Waals surface area contributed by atoms with Crippen molar-refractivity contribution < 1.29 is 18.7 Å². The fourth-order valence-corrected chi connectivity index (χ4v) is 4.23. The third-order valence-corrected chi connectivity index (χ3v) is 5.73. The average molecular weight is 376 g/mol. The number of carbonyl (C=O) groups is 1. The minimum Gasteiger partial charge on any atom is -0.490 e. The highest BCUT2D eigenvalue weighted by Gasteiger charge is 2.28. The number of thiazole rings is 1. The second kappa shape index (κ2) is 7.72. The number of amides is 1. The molecule has 0 radical (unpaired) electrons. The minimum absolute atomic E-state index is 0.0225. The molecule has 1 aromatic heterocycles. The Balaban J connectivity index is 1.31. The van der Waals surface area contributed by atoms with Crippen LogP contribution in [0, 0.1) is 5.82 Å². The number of aromatic nitrogens is 1. The molecule has 1 atom stereocenters. The zero-order valence-electron chi connectivity index (χ0n) is 14.4. The maximum atomic E-state index is 13.0. The van der Waals surface area contributed by atoms with E-state index in [0.29, 0.717) is 24.5 Å². The molecule has 2 saturated heterocycles. The lowest BCUT2D eigenvalue weighted by Gasteiger charge is -2.31. The van der Waals surface area contributed by atoms with E-state index in [1.807, 2.05) is 10.3 Å². The Morgan fingerprint density at radius 1 is 1.23 bits per heavy atom. The molecular weight excluding hydrogens is 355 g/mol. The number of hydrogen-bond acceptors (Lipinski definition) is 5. The third-order valence-electron chi connectivity index (χ3n) is 4.79. The van der Waals surface area contributed by atoms with Gasteiger partial charge in [0.25, 0.3) is 5.91 Å². The molecule has 0 N–H and O–H groups in total. The van der Waals surface area contributed by atoms with Crippen molar-refractivity contribution in [2.45, 2.75) is 37.9 Å². The molecule has 0 spiro atoms. The molecule has 5 nitrogen and oxygen atoms in total. The number of hydrogen-bond donors (Lipinski definition) is 0. The first-order chi connectivity index (χ1) is 12.7. The number of likely N-dealkylation sites (tertiary alicyclic amines) is 1. The molecule has 7 heteroatoms. The molecule has 2 aliphatic heterocycles. The van der Waals surface area contributed by atoms with Gasteiger partial charge in [0.05, 0.1) is 0 Å². The fraction of sp³-hybridized carbons (Fsp3) is 0.474. The highest BCUT2D eigenvalue weighted by atomic mass is 32.1. The summed E-state index contributed by atoms with van der Waals surface area (Å²) in [6, 6.07) is 6.05. The predicted molar refractivity (Wildman–Crippen MR) is 96.0 cm³/mol. The van der Waals surface area contributed by atoms with E-state index in [-0.39, 0.29) is 23.9 Å². The number of carbonyl (C=O) groups excluding carboxylic acids is 1. The summed E-state index contributed by atoms with van der Waals surface area (Å²) in [6.45, 7) is 2.05. The van der Waals surface area contributed by atoms with E-state index in [1.165, 1.54) is 23.5 Å². The van der Waals surface area contributed by atoms with E-state index < -0.39 is 0 Å². The highest BCUT2D eigenvalue weighted by Crippen LogP contribution is 2.31. The van der Waals surface area contributed by atoms with Crippen molar-refractivity contribution in [1.82, 2.24) is 9.88 Å². The van der Waals surface area contributed by atoms with Crippen LogP contribution in [0.2, 0.25) is 0 Å². The summed E-state index contributed by atoms with van der Waals surface area (Å²) in [5, 5.41) is 2.74. The van der Waals surface area contributed by atoms with E-state index in [9.17, 15) is 9.18 Å². The largest absolute Gasteiger partial charge is 0.490 e. The molecule has 0 saturated carbocycles. The van der Waals surface area contributed by atoms with Gasteiger partial charge in [-0.1, -0.05) is 0 Å². The van der Waals surface area contributed by atoms with Gasteiger partial charge in [0, 0.05) is 37.9 Å². The van der Waals surface area contributed by atoms with Crippen LogP contribution >= 0.6 is 11.3 Å². The lowest BCUT2D eigenvalue weighted by molar-refractivity contribution is 0.0589. The van der Waals surface area contributed by atoms with E-state index in [1.54, 1.807) is 12.1 Å². The highest BCUT2D eigenvalue weighted by molar-refractivity contribution is 7.09. The van der Waals surface area contributed by atoms with Gasteiger partial charge in [-0.3, -0.25) is 4.79 Å². The number of halogens is 1. The summed E-state index contributed by atoms with van der Waals surface area (Å²) >= 11 is 1.50. The van der Waals surface area contributed by atoms with Gasteiger partial charge in [-0.05, 0) is 37.1 Å². The molecule has 2 aromatic rings. The number of piperidine rings is 1. The van der Waals surface area contributed by atoms with Crippen molar-refractivity contribution in [3.63, 3.8) is 0 Å². The van der Waals surface area contributed by atoms with E-state index in [4.69, 9.17) is 9.47 Å². The van der Waals surface area contributed by atoms with E-state index >= 15 is 0 Å². The first-order valence-corrected chi connectivity index (χ1v) is 9.85. The molecule has 26 heavy (non-hydrogen) atoms. The second-order valence-electron chi connectivity index (χ2n) is 6.64. The number of ether oxygens (including phenoxy) is 2. The van der Waals surface area contributed by atoms with Crippen LogP contribution in [0.15, 0.2) is 29.6 Å². The van der Waals surface area contributed by atoms with Gasteiger partial charge in [-0.25, -0.2) is 9.37 Å². The van der Waals surface area contributed by atoms with Crippen LogP contribution in [0.3, 0.4) is 0 Å². The van der Waals surface area contributed by atoms with Gasteiger partial charge in [-0.2, -0.15) is 0 Å². The molecule has 2 aliphatic rings. The summed E-state index contributed by atoms with van der Waals surface area (Å²) in [6.07, 6.45) is 3.64. The summed E-state index contributed by atoms with van der Waals surface area (Å²) in [7, 11) is 0. The topological polar surface area (TPSA) is 51.7 Å². The molecule has 1 aromatic carbocycles. The summed E-state index contributed by atoms with van der Waals surface area (Å²) in [5.41, 5.74) is 0.512. The van der Waals surface area contributed by atoms with Crippen LogP contribution < -0.4 is 4.74 Å². The normalized spacial score (nSPS) is 21.1. The van der Waals surface area contributed by atoms with E-state index in [0.717, 1.165) is 37.3 Å². The third kappa shape index (κ3) is 3.88. The van der Waals surface area contributed by atoms with Crippen LogP contribution in [0.4, 0.5) is 4.39 Å². The van der Waals surface area contributed by atoms with Gasteiger partial charge in [0.2, 0.25) is 0 Å². The Hall–Kier alpha value is -1.99. The Bertz CT molecular complexity index is 750. The lowest BCUT2D eigenvalue weighted by Crippen LogP contribution is -2.41. The zero-order valence-corrected chi connectivity index (χ0v) is 15.2. The van der Waals surface area contributed by atoms with Crippen LogP contribution in [0.25, 0.3) is 0 Å². The Morgan fingerprint density at radius 2 is 2.00 bits per heavy atom. The Kier molecular flexibility index (Phi) is 5.17. The van der Waals surface area contributed by atoms with E-state index in [2.05, 4.69) is 4.98 Å². The first kappa shape index (κ1) is 17.4. The smallest absolute Gasteiger partial charge is 0.273 e. The van der Waals surface area contributed by atoms with Crippen LogP contribution in [-0.2, 0) is 4.74 Å². The maximum absolute atomic E-state index is 13.0. The molecule has 1 amide bonds. The maximum Gasteiger partial charge on any atom is 0.273 e. The molecular formula is C19H21FN2O3S. The van der Waals surface area contributed by atoms with Crippen LogP contribution in [0.5, 0.6) is 5.75 Å². The van der Waals surface area contributed by atoms with Gasteiger partial charge in [-0.15, -0.1) is 11.3 Å². The average Bonchev–Trinajstić information content (AvgIpc) is 3.35. The number of nitrogens with zero attached hydrogens (tertiary/aromatic N) is 2. The van der Waals surface area contributed by atoms with Crippen molar-refractivity contribution in [3.05, 3.63) is 46.2 Å². The van der Waals surface area contributed by atoms with Gasteiger partial charge < -0.3 is 14.4 Å². The predicted octanol–water partition coefficient (Wildman–Crippen LogP) is 3.82. The first-order valence-electron chi connectivity index (χ1n) is 8.97. The van der Waals surface area contributed by atoms with Crippen molar-refractivity contribution in [2.24, 2.45) is 0 Å². The number of rotatable bonds is 4. The molecule has 1 unspecified atom stereocenters. The Morgan fingerprint density at radius 3 is 2.69 bits per heavy atom. The zero-order chi connectivity index (χ0) is 17.9. The van der Waals surface area contributed by atoms with Gasteiger partial charge in [0.1, 0.15) is 34.5 Å². The molecule has 138 valence electrons. The number of benzene rings is 1. The quantitative estimate of drug-likeness (QED) is 0.814. The SMILES string of the molecule is O=C(c1csc(C2CCCO2)n1)N1CCC(Oc2ccc(F)cc2)CC1. The molecule has 0 aliphatic carbocycles. The Labute approximate surface area is 155 Å².